The van der Waals surface area contributed by atoms with E-state index in [1.165, 1.54) is 21.9 Å². The number of carbonyl (C=O) groups excluding carboxylic acids is 3. The Morgan fingerprint density at radius 3 is 2.42 bits per heavy atom. The second-order valence-electron chi connectivity index (χ2n) is 9.06. The van der Waals surface area contributed by atoms with Crippen LogP contribution in [0.1, 0.15) is 35.7 Å². The van der Waals surface area contributed by atoms with Gasteiger partial charge in [-0.05, 0) is 41.8 Å². The average molecular weight is 500 g/mol. The van der Waals surface area contributed by atoms with Gasteiger partial charge >= 0.3 is 0 Å². The Morgan fingerprint density at radius 1 is 1.06 bits per heavy atom. The van der Waals surface area contributed by atoms with E-state index in [1.807, 2.05) is 12.1 Å². The molecule has 0 saturated carbocycles. The van der Waals surface area contributed by atoms with Gasteiger partial charge in [-0.25, -0.2) is 4.39 Å². The number of nitrogens with one attached hydrogen (secondary N) is 1. The van der Waals surface area contributed by atoms with Crippen LogP contribution in [0, 0.1) is 5.82 Å². The summed E-state index contributed by atoms with van der Waals surface area (Å²) in [7, 11) is 0. The summed E-state index contributed by atoms with van der Waals surface area (Å²) >= 11 is 0. The first-order valence-electron chi connectivity index (χ1n) is 11.9. The second kappa shape index (κ2) is 11.2. The number of benzene rings is 2. The lowest BCUT2D eigenvalue weighted by atomic mass is 10.0. The van der Waals surface area contributed by atoms with Crippen molar-refractivity contribution in [1.82, 2.24) is 4.90 Å². The normalized spacial score (nSPS) is 19.4. The quantitative estimate of drug-likeness (QED) is 0.631. The Hall–Kier alpha value is -3.34. The number of anilines is 2. The summed E-state index contributed by atoms with van der Waals surface area (Å²) < 4.78 is 25.2. The first-order chi connectivity index (χ1) is 17.3. The molecule has 0 spiro atoms. The lowest BCUT2D eigenvalue weighted by Crippen LogP contribution is -2.55. The number of amides is 3. The van der Waals surface area contributed by atoms with Crippen LogP contribution in [0.4, 0.5) is 15.8 Å². The molecule has 9 nitrogen and oxygen atoms in total. The van der Waals surface area contributed by atoms with Gasteiger partial charge in [0.2, 0.25) is 0 Å². The minimum atomic E-state index is -1.76. The third-order valence-corrected chi connectivity index (χ3v) is 6.31. The van der Waals surface area contributed by atoms with Crippen molar-refractivity contribution in [3.05, 3.63) is 59.4 Å². The molecule has 2 aromatic rings. The molecule has 3 amide bonds. The zero-order valence-corrected chi connectivity index (χ0v) is 20.3. The zero-order valence-electron chi connectivity index (χ0n) is 20.3. The number of rotatable bonds is 6. The van der Waals surface area contributed by atoms with Crippen molar-refractivity contribution in [2.45, 2.75) is 32.0 Å². The molecule has 2 aliphatic heterocycles. The summed E-state index contributed by atoms with van der Waals surface area (Å²) in [5.74, 6) is -2.30. The highest BCUT2D eigenvalue weighted by atomic mass is 19.1. The molecule has 10 heteroatoms. The molecule has 2 aromatic carbocycles. The van der Waals surface area contributed by atoms with E-state index in [4.69, 9.17) is 9.47 Å². The van der Waals surface area contributed by atoms with E-state index in [2.05, 4.69) is 19.2 Å². The van der Waals surface area contributed by atoms with E-state index in [0.29, 0.717) is 37.9 Å². The molecule has 0 unspecified atom stereocenters. The average Bonchev–Trinajstić information content (AvgIpc) is 2.89. The number of hydrogen-bond acceptors (Lipinski definition) is 6. The molecule has 2 N–H and O–H groups in total. The van der Waals surface area contributed by atoms with E-state index in [-0.39, 0.29) is 24.4 Å². The molecule has 2 atom stereocenters. The summed E-state index contributed by atoms with van der Waals surface area (Å²) in [5.41, 5.74) is 1.70. The van der Waals surface area contributed by atoms with Crippen molar-refractivity contribution < 1.29 is 33.4 Å². The maximum absolute atomic E-state index is 14.5. The minimum Gasteiger partial charge on any atom is -0.380 e. The first-order valence-corrected chi connectivity index (χ1v) is 11.9. The number of ether oxygens (including phenoxy) is 2. The molecule has 2 aliphatic rings. The number of aliphatic hydroxyl groups is 1. The molecule has 192 valence electrons. The van der Waals surface area contributed by atoms with Crippen molar-refractivity contribution in [1.29, 1.82) is 0 Å². The van der Waals surface area contributed by atoms with E-state index in [0.717, 1.165) is 11.6 Å². The Labute approximate surface area is 208 Å². The Kier molecular flexibility index (Phi) is 7.97. The van der Waals surface area contributed by atoms with Gasteiger partial charge in [-0.15, -0.1) is 0 Å². The highest BCUT2D eigenvalue weighted by Crippen LogP contribution is 2.25. The summed E-state index contributed by atoms with van der Waals surface area (Å²) in [6.07, 6.45) is -3.21. The van der Waals surface area contributed by atoms with Gasteiger partial charge in [-0.2, -0.15) is 0 Å². The van der Waals surface area contributed by atoms with Crippen molar-refractivity contribution >= 4 is 29.1 Å². The second-order valence-corrected chi connectivity index (χ2v) is 9.06. The van der Waals surface area contributed by atoms with Crippen LogP contribution in [0.3, 0.4) is 0 Å². The largest absolute Gasteiger partial charge is 0.380 e. The van der Waals surface area contributed by atoms with Gasteiger partial charge in [0.25, 0.3) is 17.7 Å². The predicted octanol–water partition coefficient (Wildman–Crippen LogP) is 2.15. The number of carbonyl (C=O) groups is 3. The summed E-state index contributed by atoms with van der Waals surface area (Å²) in [5, 5.41) is 13.2. The first kappa shape index (κ1) is 25.7. The monoisotopic (exact) mass is 499 g/mol. The molecule has 2 fully saturated rings. The topological polar surface area (TPSA) is 108 Å². The van der Waals surface area contributed by atoms with Crippen LogP contribution in [0.25, 0.3) is 0 Å². The van der Waals surface area contributed by atoms with Gasteiger partial charge in [-0.1, -0.05) is 26.0 Å². The van der Waals surface area contributed by atoms with Crippen molar-refractivity contribution in [3.63, 3.8) is 0 Å². The third-order valence-electron chi connectivity index (χ3n) is 6.31. The fourth-order valence-electron chi connectivity index (χ4n) is 4.18. The van der Waals surface area contributed by atoms with Crippen LogP contribution in [-0.4, -0.2) is 79.4 Å². The number of aliphatic hydroxyl groups excluding tert-OH is 1. The predicted molar refractivity (Wildman–Crippen MR) is 130 cm³/mol. The van der Waals surface area contributed by atoms with Gasteiger partial charge in [-0.3, -0.25) is 14.4 Å². The van der Waals surface area contributed by atoms with Crippen molar-refractivity contribution in [3.8, 4) is 0 Å². The molecular weight excluding hydrogens is 469 g/mol. The zero-order chi connectivity index (χ0) is 25.8. The molecule has 2 saturated heterocycles. The lowest BCUT2D eigenvalue weighted by molar-refractivity contribution is -0.150. The van der Waals surface area contributed by atoms with E-state index < -0.39 is 35.7 Å². The van der Waals surface area contributed by atoms with Crippen molar-refractivity contribution in [2.75, 3.05) is 49.7 Å². The smallest absolute Gasteiger partial charge is 0.259 e. The highest BCUT2D eigenvalue weighted by Gasteiger charge is 2.39. The molecule has 0 bridgehead atoms. The molecule has 0 aliphatic carbocycles. The van der Waals surface area contributed by atoms with Gasteiger partial charge in [0, 0.05) is 31.0 Å². The maximum Gasteiger partial charge on any atom is 0.259 e. The lowest BCUT2D eigenvalue weighted by Gasteiger charge is -2.34. The summed E-state index contributed by atoms with van der Waals surface area (Å²) in [6, 6.07) is 11.0. The van der Waals surface area contributed by atoms with E-state index in [9.17, 15) is 23.9 Å². The standard InChI is InChI=1S/C26H30FN3O6/c1-16(2)17-3-5-18(6-4-17)28-24(32)22(31)23-26(34)30(11-14-36-23)19-7-8-21(27)20(15-19)25(33)29-9-12-35-13-10-29/h3-8,15-16,22-23,31H,9-14H2,1-2H3,(H,28,32)/t22-,23-/m1/s1. The molecule has 0 aromatic heterocycles. The van der Waals surface area contributed by atoms with Gasteiger partial charge in [0.05, 0.1) is 25.4 Å². The third kappa shape index (κ3) is 5.56. The van der Waals surface area contributed by atoms with Crippen LogP contribution in [0.15, 0.2) is 42.5 Å². The highest BCUT2D eigenvalue weighted by molar-refractivity contribution is 6.04. The van der Waals surface area contributed by atoms with Crippen molar-refractivity contribution in [2.24, 2.45) is 0 Å². The van der Waals surface area contributed by atoms with Crippen LogP contribution in [-0.2, 0) is 19.1 Å². The van der Waals surface area contributed by atoms with Crippen LogP contribution in [0.5, 0.6) is 0 Å². The van der Waals surface area contributed by atoms with E-state index >= 15 is 0 Å². The number of nitrogens with zero attached hydrogens (tertiary/aromatic N) is 2. The molecule has 0 radical (unpaired) electrons. The minimum absolute atomic E-state index is 0.0496. The Bertz CT molecular complexity index is 1120. The molecule has 2 heterocycles. The summed E-state index contributed by atoms with van der Waals surface area (Å²) in [4.78, 5) is 41.5. The number of halogens is 1. The fourth-order valence-corrected chi connectivity index (χ4v) is 4.18. The SMILES string of the molecule is CC(C)c1ccc(NC(=O)[C@H](O)[C@H]2OCCN(c3ccc(F)c(C(=O)N4CCOCC4)c3)C2=O)cc1. The summed E-state index contributed by atoms with van der Waals surface area (Å²) in [6.45, 7) is 5.72. The number of morpholine rings is 2. The Morgan fingerprint density at radius 2 is 1.75 bits per heavy atom. The molecule has 4 rings (SSSR count). The maximum atomic E-state index is 14.5. The Balaban J connectivity index is 1.47. The van der Waals surface area contributed by atoms with Gasteiger partial charge in [0.1, 0.15) is 5.82 Å². The molecular formula is C26H30FN3O6. The van der Waals surface area contributed by atoms with Crippen LogP contribution >= 0.6 is 0 Å². The molecule has 36 heavy (non-hydrogen) atoms. The number of hydrogen-bond donors (Lipinski definition) is 2. The fraction of sp³-hybridized carbons (Fsp3) is 0.423. The van der Waals surface area contributed by atoms with E-state index in [1.54, 1.807) is 12.1 Å². The van der Waals surface area contributed by atoms with Crippen LogP contribution < -0.4 is 10.2 Å². The van der Waals surface area contributed by atoms with Gasteiger partial charge < -0.3 is 29.7 Å². The van der Waals surface area contributed by atoms with Crippen LogP contribution in [0.2, 0.25) is 0 Å². The van der Waals surface area contributed by atoms with Gasteiger partial charge in [0.15, 0.2) is 12.2 Å².